The molecular weight excluding hydrogens is 607 g/mol. The molecule has 0 bridgehead atoms. The van der Waals surface area contributed by atoms with Gasteiger partial charge in [0.15, 0.2) is 0 Å². The lowest BCUT2D eigenvalue weighted by Gasteiger charge is -2.18. The van der Waals surface area contributed by atoms with Gasteiger partial charge in [-0.1, -0.05) is 91.0 Å². The number of benzene rings is 7. The highest BCUT2D eigenvalue weighted by Crippen LogP contribution is 2.44. The first-order valence-corrected chi connectivity index (χ1v) is 16.9. The summed E-state index contributed by atoms with van der Waals surface area (Å²) >= 11 is 0. The van der Waals surface area contributed by atoms with E-state index in [0.29, 0.717) is 0 Å². The first kappa shape index (κ1) is 28.3. The van der Waals surface area contributed by atoms with Crippen LogP contribution in [0.4, 0.5) is 0 Å². The Labute approximate surface area is 289 Å². The smallest absolute Gasteiger partial charge is 0.0708 e. The molecule has 0 aliphatic rings. The first-order chi connectivity index (χ1) is 24.8. The van der Waals surface area contributed by atoms with Crippen LogP contribution in [0, 0.1) is 0 Å². The lowest BCUT2D eigenvalue weighted by Crippen LogP contribution is -1.91. The summed E-state index contributed by atoms with van der Waals surface area (Å²) in [5, 5.41) is 8.80. The highest BCUT2D eigenvalue weighted by atomic mass is 14.6. The van der Waals surface area contributed by atoms with Gasteiger partial charge < -0.3 is 0 Å². The maximum atomic E-state index is 4.56. The maximum absolute atomic E-state index is 4.56. The number of pyridine rings is 3. The number of hydrogen-bond donors (Lipinski definition) is 0. The molecule has 0 amide bonds. The zero-order chi connectivity index (χ0) is 33.0. The molecule has 0 atom stereocenters. The van der Waals surface area contributed by atoms with Crippen LogP contribution in [0.5, 0.6) is 0 Å². The topological polar surface area (TPSA) is 38.7 Å². The molecule has 10 aromatic rings. The summed E-state index contributed by atoms with van der Waals surface area (Å²) in [6.07, 6.45) is 9.28. The second-order valence-corrected chi connectivity index (χ2v) is 12.9. The Morgan fingerprint density at radius 2 is 0.800 bits per heavy atom. The van der Waals surface area contributed by atoms with E-state index < -0.39 is 0 Å². The summed E-state index contributed by atoms with van der Waals surface area (Å²) in [4.78, 5) is 13.1. The molecule has 3 aromatic heterocycles. The van der Waals surface area contributed by atoms with Gasteiger partial charge >= 0.3 is 0 Å². The number of aromatic nitrogens is 3. The van der Waals surface area contributed by atoms with Crippen LogP contribution in [-0.2, 0) is 0 Å². The largest absolute Gasteiger partial charge is 0.265 e. The molecule has 0 radical (unpaired) electrons. The van der Waals surface area contributed by atoms with Crippen molar-refractivity contribution in [3.63, 3.8) is 0 Å². The van der Waals surface area contributed by atoms with E-state index in [1.54, 1.807) is 0 Å². The molecule has 0 N–H and O–H groups in total. The molecule has 0 aliphatic carbocycles. The molecule has 0 saturated carbocycles. The van der Waals surface area contributed by atoms with Gasteiger partial charge in [-0.2, -0.15) is 0 Å². The zero-order valence-corrected chi connectivity index (χ0v) is 27.1. The van der Waals surface area contributed by atoms with Gasteiger partial charge in [0, 0.05) is 36.4 Å². The van der Waals surface area contributed by atoms with E-state index in [1.165, 1.54) is 71.1 Å². The summed E-state index contributed by atoms with van der Waals surface area (Å²) in [5.41, 5.74) is 12.9. The van der Waals surface area contributed by atoms with E-state index in [1.807, 2.05) is 37.1 Å². The minimum Gasteiger partial charge on any atom is -0.265 e. The zero-order valence-electron chi connectivity index (χ0n) is 27.1. The molecule has 50 heavy (non-hydrogen) atoms. The predicted molar refractivity (Wildman–Crippen MR) is 208 cm³/mol. The Bertz CT molecular complexity index is 2780. The summed E-state index contributed by atoms with van der Waals surface area (Å²) in [7, 11) is 0. The van der Waals surface area contributed by atoms with E-state index in [-0.39, 0.29) is 0 Å². The van der Waals surface area contributed by atoms with Crippen molar-refractivity contribution in [2.45, 2.75) is 0 Å². The standard InChI is InChI=1S/C47H29N3/c1-3-39(42-4-2-22-50-45(42)5-1)32-6-8-33(9-7-32)40-14-12-34-10-11-35-13-15-41(44-17-16-43(40)46(34)47(35)44)38-28-36(30-18-23-48-24-19-30)27-37(29-38)31-20-25-49-26-21-31/h1-29H. The van der Waals surface area contributed by atoms with Gasteiger partial charge in [-0.25, -0.2) is 0 Å². The van der Waals surface area contributed by atoms with E-state index in [9.17, 15) is 0 Å². The van der Waals surface area contributed by atoms with Gasteiger partial charge in [-0.05, 0) is 143 Å². The maximum Gasteiger partial charge on any atom is 0.0708 e. The number of hydrogen-bond acceptors (Lipinski definition) is 3. The second-order valence-electron chi connectivity index (χ2n) is 12.9. The minimum atomic E-state index is 1.01. The highest BCUT2D eigenvalue weighted by Gasteiger charge is 2.16. The fourth-order valence-electron chi connectivity index (χ4n) is 7.69. The van der Waals surface area contributed by atoms with Crippen LogP contribution in [0.1, 0.15) is 0 Å². The summed E-state index contributed by atoms with van der Waals surface area (Å²) in [6, 6.07) is 53.0. The van der Waals surface area contributed by atoms with Crippen molar-refractivity contribution in [2.24, 2.45) is 0 Å². The molecule has 7 aromatic carbocycles. The van der Waals surface area contributed by atoms with Crippen molar-refractivity contribution in [2.75, 3.05) is 0 Å². The third kappa shape index (κ3) is 4.63. The number of nitrogens with zero attached hydrogens (tertiary/aromatic N) is 3. The van der Waals surface area contributed by atoms with Crippen LogP contribution in [0.25, 0.3) is 98.9 Å². The van der Waals surface area contributed by atoms with E-state index >= 15 is 0 Å². The molecule has 0 spiro atoms. The van der Waals surface area contributed by atoms with Gasteiger partial charge in [-0.15, -0.1) is 0 Å². The number of rotatable bonds is 5. The van der Waals surface area contributed by atoms with Crippen molar-refractivity contribution < 1.29 is 0 Å². The van der Waals surface area contributed by atoms with Crippen LogP contribution >= 0.6 is 0 Å². The third-order valence-electron chi connectivity index (χ3n) is 10.1. The van der Waals surface area contributed by atoms with Crippen LogP contribution in [-0.4, -0.2) is 15.0 Å². The highest BCUT2D eigenvalue weighted by molar-refractivity contribution is 6.27. The summed E-state index contributed by atoms with van der Waals surface area (Å²) in [6.45, 7) is 0. The average molecular weight is 636 g/mol. The monoisotopic (exact) mass is 635 g/mol. The molecule has 0 unspecified atom stereocenters. The van der Waals surface area contributed by atoms with Crippen molar-refractivity contribution in [1.82, 2.24) is 15.0 Å². The third-order valence-corrected chi connectivity index (χ3v) is 10.1. The Kier molecular flexibility index (Phi) is 6.49. The molecule has 3 nitrogen and oxygen atoms in total. The van der Waals surface area contributed by atoms with E-state index in [0.717, 1.165) is 27.8 Å². The normalized spacial score (nSPS) is 11.6. The summed E-state index contributed by atoms with van der Waals surface area (Å²) < 4.78 is 0. The summed E-state index contributed by atoms with van der Waals surface area (Å²) in [5.74, 6) is 0. The van der Waals surface area contributed by atoms with Crippen molar-refractivity contribution in [3.8, 4) is 55.6 Å². The number of fused-ring (bicyclic) bond motifs is 1. The van der Waals surface area contributed by atoms with Crippen LogP contribution < -0.4 is 0 Å². The molecule has 3 heteroatoms. The minimum absolute atomic E-state index is 1.01. The van der Waals surface area contributed by atoms with Crippen LogP contribution in [0.2, 0.25) is 0 Å². The molecule has 0 aliphatic heterocycles. The SMILES string of the molecule is c1cc(-c2ccc(-c3ccc4ccc5ccc(-c6cc(-c7ccncc7)cc(-c7ccncc7)c6)c6ccc3c4c56)cc2)c2cccnc2c1. The van der Waals surface area contributed by atoms with Crippen molar-refractivity contribution >= 4 is 43.2 Å². The van der Waals surface area contributed by atoms with Gasteiger partial charge in [0.25, 0.3) is 0 Å². The molecule has 10 rings (SSSR count). The molecule has 3 heterocycles. The Hall–Kier alpha value is -6.71. The Morgan fingerprint density at radius 1 is 0.300 bits per heavy atom. The molecule has 0 saturated heterocycles. The fraction of sp³-hybridized carbons (Fsp3) is 0. The van der Waals surface area contributed by atoms with E-state index in [2.05, 4.69) is 154 Å². The van der Waals surface area contributed by atoms with Gasteiger partial charge in [-0.3, -0.25) is 15.0 Å². The lowest BCUT2D eigenvalue weighted by atomic mass is 9.86. The Morgan fingerprint density at radius 3 is 1.38 bits per heavy atom. The van der Waals surface area contributed by atoms with Crippen LogP contribution in [0.15, 0.2) is 177 Å². The van der Waals surface area contributed by atoms with Crippen molar-refractivity contribution in [3.05, 3.63) is 177 Å². The van der Waals surface area contributed by atoms with Gasteiger partial charge in [0.1, 0.15) is 0 Å². The Balaban J connectivity index is 1.14. The lowest BCUT2D eigenvalue weighted by molar-refractivity contribution is 1.33. The van der Waals surface area contributed by atoms with Gasteiger partial charge in [0.05, 0.1) is 5.52 Å². The second kappa shape index (κ2) is 11.5. The average Bonchev–Trinajstić information content (AvgIpc) is 3.20. The fourth-order valence-corrected chi connectivity index (χ4v) is 7.69. The van der Waals surface area contributed by atoms with Crippen molar-refractivity contribution in [1.29, 1.82) is 0 Å². The first-order valence-electron chi connectivity index (χ1n) is 16.9. The predicted octanol–water partition coefficient (Wildman–Crippen LogP) is 12.3. The molecular formula is C47H29N3. The molecule has 232 valence electrons. The van der Waals surface area contributed by atoms with E-state index in [4.69, 9.17) is 0 Å². The quantitative estimate of drug-likeness (QED) is 0.177. The molecule has 0 fully saturated rings. The van der Waals surface area contributed by atoms with Crippen LogP contribution in [0.3, 0.4) is 0 Å². The van der Waals surface area contributed by atoms with Gasteiger partial charge in [0.2, 0.25) is 0 Å².